The van der Waals surface area contributed by atoms with Crippen LogP contribution in [0.2, 0.25) is 5.02 Å². The maximum absolute atomic E-state index is 13.3. The minimum absolute atomic E-state index is 0.0107. The van der Waals surface area contributed by atoms with Crippen LogP contribution in [0.4, 0.5) is 15.9 Å². The minimum atomic E-state index is -0.495. The molecular formula is C15H13ClFN5O2. The molecule has 0 aliphatic carbocycles. The van der Waals surface area contributed by atoms with Crippen molar-refractivity contribution in [2.45, 2.75) is 0 Å². The van der Waals surface area contributed by atoms with Crippen LogP contribution in [0, 0.1) is 5.82 Å². The van der Waals surface area contributed by atoms with Gasteiger partial charge in [0.15, 0.2) is 5.82 Å². The highest BCUT2D eigenvalue weighted by atomic mass is 35.5. The molecule has 0 saturated carbocycles. The van der Waals surface area contributed by atoms with Crippen molar-refractivity contribution in [3.05, 3.63) is 41.6 Å². The Balaban J connectivity index is 1.91. The molecule has 2 heterocycles. The number of methoxy groups -OCH3 is 1. The number of nitrogens with zero attached hydrogens (tertiary/aromatic N) is 4. The molecule has 0 aliphatic rings. The molecule has 3 rings (SSSR count). The van der Waals surface area contributed by atoms with Crippen LogP contribution >= 0.6 is 11.6 Å². The summed E-state index contributed by atoms with van der Waals surface area (Å²) < 4.78 is 23.6. The number of hydrogen-bond donors (Lipinski definition) is 1. The number of fused-ring (bicyclic) bond motifs is 1. The second kappa shape index (κ2) is 7.33. The molecule has 0 amide bonds. The molecule has 0 saturated heterocycles. The van der Waals surface area contributed by atoms with Gasteiger partial charge in [0.05, 0.1) is 17.8 Å². The zero-order valence-electron chi connectivity index (χ0n) is 12.7. The fourth-order valence-electron chi connectivity index (χ4n) is 1.93. The van der Waals surface area contributed by atoms with E-state index in [0.717, 1.165) is 0 Å². The van der Waals surface area contributed by atoms with E-state index in [9.17, 15) is 4.39 Å². The fourth-order valence-corrected chi connectivity index (χ4v) is 2.11. The highest BCUT2D eigenvalue weighted by Crippen LogP contribution is 2.25. The standard InChI is InChI=1S/C15H13ClFN5O2/c1-23-4-5-24-15-18-7-12-13(22-15)14(20-8-19-12)21-9-2-3-11(17)10(16)6-9/h2-3,6-8H,4-5H2,1H3,(H,19,20,21). The number of rotatable bonds is 6. The van der Waals surface area contributed by atoms with E-state index in [2.05, 4.69) is 25.3 Å². The summed E-state index contributed by atoms with van der Waals surface area (Å²) in [6.45, 7) is 0.748. The first-order chi connectivity index (χ1) is 11.7. The van der Waals surface area contributed by atoms with Gasteiger partial charge in [0.2, 0.25) is 0 Å². The van der Waals surface area contributed by atoms with Gasteiger partial charge in [-0.1, -0.05) is 11.6 Å². The van der Waals surface area contributed by atoms with Crippen molar-refractivity contribution in [2.75, 3.05) is 25.6 Å². The molecule has 0 atom stereocenters. The highest BCUT2D eigenvalue weighted by Gasteiger charge is 2.10. The van der Waals surface area contributed by atoms with Crippen LogP contribution in [0.25, 0.3) is 11.0 Å². The first-order valence-electron chi connectivity index (χ1n) is 6.99. The predicted molar refractivity (Wildman–Crippen MR) is 87.2 cm³/mol. The third kappa shape index (κ3) is 3.66. The quantitative estimate of drug-likeness (QED) is 0.685. The Morgan fingerprint density at radius 3 is 2.88 bits per heavy atom. The molecule has 7 nitrogen and oxygen atoms in total. The topological polar surface area (TPSA) is 82.0 Å². The van der Waals surface area contributed by atoms with Gasteiger partial charge < -0.3 is 14.8 Å². The zero-order valence-corrected chi connectivity index (χ0v) is 13.4. The predicted octanol–water partition coefficient (Wildman–Crippen LogP) is 2.98. The van der Waals surface area contributed by atoms with Gasteiger partial charge in [-0.25, -0.2) is 19.3 Å². The molecule has 0 radical (unpaired) electrons. The molecule has 1 aromatic carbocycles. The summed E-state index contributed by atoms with van der Waals surface area (Å²) in [7, 11) is 1.58. The lowest BCUT2D eigenvalue weighted by Gasteiger charge is -2.09. The SMILES string of the molecule is COCCOc1ncc2ncnc(Nc3ccc(F)c(Cl)c3)c2n1. The summed E-state index contributed by atoms with van der Waals surface area (Å²) in [5, 5.41) is 3.05. The Labute approximate surface area is 141 Å². The van der Waals surface area contributed by atoms with E-state index in [0.29, 0.717) is 35.8 Å². The molecule has 3 aromatic rings. The number of nitrogens with one attached hydrogen (secondary N) is 1. The summed E-state index contributed by atoms with van der Waals surface area (Å²) in [6.07, 6.45) is 2.92. The lowest BCUT2D eigenvalue weighted by Crippen LogP contribution is -2.07. The van der Waals surface area contributed by atoms with E-state index >= 15 is 0 Å². The summed E-state index contributed by atoms with van der Waals surface area (Å²) in [5.74, 6) is -0.0624. The van der Waals surface area contributed by atoms with Gasteiger partial charge in [-0.3, -0.25) is 0 Å². The third-order valence-corrected chi connectivity index (χ3v) is 3.35. The Morgan fingerprint density at radius 1 is 1.21 bits per heavy atom. The molecular weight excluding hydrogens is 337 g/mol. The average Bonchev–Trinajstić information content (AvgIpc) is 2.59. The number of hydrogen-bond acceptors (Lipinski definition) is 7. The summed E-state index contributed by atoms with van der Waals surface area (Å²) in [6, 6.07) is 4.46. The molecule has 124 valence electrons. The van der Waals surface area contributed by atoms with Crippen LogP contribution in [0.15, 0.2) is 30.7 Å². The average molecular weight is 350 g/mol. The molecule has 0 unspecified atom stereocenters. The molecule has 0 fully saturated rings. The van der Waals surface area contributed by atoms with E-state index in [1.54, 1.807) is 13.2 Å². The van der Waals surface area contributed by atoms with Gasteiger partial charge in [0.25, 0.3) is 0 Å². The first-order valence-corrected chi connectivity index (χ1v) is 7.36. The van der Waals surface area contributed by atoms with Crippen LogP contribution in [0.1, 0.15) is 0 Å². The Morgan fingerprint density at radius 2 is 2.08 bits per heavy atom. The van der Waals surface area contributed by atoms with E-state index in [4.69, 9.17) is 21.1 Å². The Bertz CT molecular complexity index is 864. The van der Waals surface area contributed by atoms with E-state index in [1.807, 2.05) is 0 Å². The number of benzene rings is 1. The normalized spacial score (nSPS) is 10.8. The van der Waals surface area contributed by atoms with Crippen molar-refractivity contribution >= 4 is 34.1 Å². The van der Waals surface area contributed by atoms with Gasteiger partial charge in [0, 0.05) is 12.8 Å². The van der Waals surface area contributed by atoms with E-state index < -0.39 is 5.82 Å². The Kier molecular flexibility index (Phi) is 4.97. The molecule has 2 aromatic heterocycles. The van der Waals surface area contributed by atoms with Gasteiger partial charge >= 0.3 is 6.01 Å². The highest BCUT2D eigenvalue weighted by molar-refractivity contribution is 6.31. The lowest BCUT2D eigenvalue weighted by molar-refractivity contribution is 0.141. The van der Waals surface area contributed by atoms with Crippen molar-refractivity contribution < 1.29 is 13.9 Å². The van der Waals surface area contributed by atoms with Crippen molar-refractivity contribution in [1.29, 1.82) is 0 Å². The van der Waals surface area contributed by atoms with E-state index in [1.165, 1.54) is 24.7 Å². The van der Waals surface area contributed by atoms with Gasteiger partial charge in [0.1, 0.15) is 29.8 Å². The smallest absolute Gasteiger partial charge is 0.317 e. The number of ether oxygens (including phenoxy) is 2. The number of anilines is 2. The minimum Gasteiger partial charge on any atom is -0.461 e. The Hall–Kier alpha value is -2.58. The number of halogens is 2. The summed E-state index contributed by atoms with van der Waals surface area (Å²) in [5.41, 5.74) is 1.59. The number of aromatic nitrogens is 4. The van der Waals surface area contributed by atoms with Gasteiger partial charge in [-0.05, 0) is 18.2 Å². The summed E-state index contributed by atoms with van der Waals surface area (Å²) in [4.78, 5) is 16.6. The van der Waals surface area contributed by atoms with Crippen molar-refractivity contribution in [1.82, 2.24) is 19.9 Å². The third-order valence-electron chi connectivity index (χ3n) is 3.06. The first kappa shape index (κ1) is 16.3. The van der Waals surface area contributed by atoms with Crippen molar-refractivity contribution in [2.24, 2.45) is 0 Å². The maximum atomic E-state index is 13.3. The van der Waals surface area contributed by atoms with Crippen LogP contribution in [-0.2, 0) is 4.74 Å². The summed E-state index contributed by atoms with van der Waals surface area (Å²) >= 11 is 5.79. The second-order valence-electron chi connectivity index (χ2n) is 4.70. The molecule has 0 aliphatic heterocycles. The lowest BCUT2D eigenvalue weighted by atomic mass is 10.3. The van der Waals surface area contributed by atoms with Crippen molar-refractivity contribution in [3.63, 3.8) is 0 Å². The van der Waals surface area contributed by atoms with Crippen LogP contribution in [-0.4, -0.2) is 40.3 Å². The molecule has 24 heavy (non-hydrogen) atoms. The van der Waals surface area contributed by atoms with Crippen LogP contribution in [0.5, 0.6) is 6.01 Å². The van der Waals surface area contributed by atoms with Gasteiger partial charge in [-0.2, -0.15) is 4.98 Å². The monoisotopic (exact) mass is 349 g/mol. The van der Waals surface area contributed by atoms with Crippen LogP contribution < -0.4 is 10.1 Å². The molecule has 1 N–H and O–H groups in total. The molecule has 0 spiro atoms. The fraction of sp³-hybridized carbons (Fsp3) is 0.200. The van der Waals surface area contributed by atoms with Gasteiger partial charge in [-0.15, -0.1) is 0 Å². The zero-order chi connectivity index (χ0) is 16.9. The van der Waals surface area contributed by atoms with Crippen molar-refractivity contribution in [3.8, 4) is 6.01 Å². The van der Waals surface area contributed by atoms with Crippen LogP contribution in [0.3, 0.4) is 0 Å². The van der Waals surface area contributed by atoms with E-state index in [-0.39, 0.29) is 11.0 Å². The molecule has 9 heteroatoms. The second-order valence-corrected chi connectivity index (χ2v) is 5.11. The molecule has 0 bridgehead atoms. The maximum Gasteiger partial charge on any atom is 0.317 e. The largest absolute Gasteiger partial charge is 0.461 e.